The van der Waals surface area contributed by atoms with Crippen LogP contribution in [-0.4, -0.2) is 43.1 Å². The number of aromatic nitrogens is 1. The second kappa shape index (κ2) is 14.1. The average molecular weight is 470 g/mol. The standard InChI is InChI=1S/C22H35N3O4S2/c1-17(2)8-6-9-18(3)10-7-11-19(4)12-15-30-16-20(21(26)25-31(5,27)28)24-22-23-13-14-29-22/h8,10,12-14,20H,6-7,9,11,15-16H2,1-5H3,(H,23,24)(H,25,26). The zero-order valence-electron chi connectivity index (χ0n) is 19.1. The Balaban J connectivity index is 2.46. The van der Waals surface area contributed by atoms with Gasteiger partial charge >= 0.3 is 0 Å². The number of thioether (sulfide) groups is 1. The van der Waals surface area contributed by atoms with E-state index in [2.05, 4.69) is 56.2 Å². The van der Waals surface area contributed by atoms with Gasteiger partial charge in [-0.2, -0.15) is 11.8 Å². The smallest absolute Gasteiger partial charge is 0.295 e. The maximum absolute atomic E-state index is 12.3. The van der Waals surface area contributed by atoms with Gasteiger partial charge in [-0.1, -0.05) is 34.9 Å². The predicted octanol–water partition coefficient (Wildman–Crippen LogP) is 4.68. The second-order valence-corrected chi connectivity index (χ2v) is 10.6. The molecule has 1 aromatic rings. The van der Waals surface area contributed by atoms with Crippen LogP contribution in [0.15, 0.2) is 51.8 Å². The van der Waals surface area contributed by atoms with Gasteiger partial charge in [-0.15, -0.1) is 0 Å². The Hall–Kier alpha value is -2.00. The fourth-order valence-corrected chi connectivity index (χ4v) is 4.12. The summed E-state index contributed by atoms with van der Waals surface area (Å²) in [4.78, 5) is 16.2. The number of allylic oxidation sites excluding steroid dienone is 5. The summed E-state index contributed by atoms with van der Waals surface area (Å²) in [7, 11) is -3.64. The summed E-state index contributed by atoms with van der Waals surface area (Å²) in [6.07, 6.45) is 14.7. The summed E-state index contributed by atoms with van der Waals surface area (Å²) < 4.78 is 29.9. The molecule has 0 saturated heterocycles. The van der Waals surface area contributed by atoms with E-state index < -0.39 is 22.0 Å². The molecular formula is C22H35N3O4S2. The van der Waals surface area contributed by atoms with Gasteiger partial charge in [-0.05, 0) is 53.4 Å². The van der Waals surface area contributed by atoms with Crippen LogP contribution in [-0.2, 0) is 14.8 Å². The van der Waals surface area contributed by atoms with Crippen LogP contribution in [0.5, 0.6) is 0 Å². The molecule has 0 radical (unpaired) electrons. The van der Waals surface area contributed by atoms with E-state index in [1.165, 1.54) is 40.9 Å². The van der Waals surface area contributed by atoms with Crippen LogP contribution in [0.3, 0.4) is 0 Å². The van der Waals surface area contributed by atoms with Gasteiger partial charge in [-0.25, -0.2) is 13.4 Å². The van der Waals surface area contributed by atoms with Gasteiger partial charge in [0.15, 0.2) is 0 Å². The van der Waals surface area contributed by atoms with Gasteiger partial charge in [-0.3, -0.25) is 9.52 Å². The third-order valence-corrected chi connectivity index (χ3v) is 5.83. The summed E-state index contributed by atoms with van der Waals surface area (Å²) in [5.74, 6) is 0.463. The highest BCUT2D eigenvalue weighted by Crippen LogP contribution is 2.14. The maximum atomic E-state index is 12.3. The zero-order chi connectivity index (χ0) is 23.3. The number of hydrogen-bond donors (Lipinski definition) is 2. The number of hydrogen-bond acceptors (Lipinski definition) is 7. The summed E-state index contributed by atoms with van der Waals surface area (Å²) in [6, 6.07) is -0.605. The van der Waals surface area contributed by atoms with Crippen LogP contribution in [0.2, 0.25) is 0 Å². The number of sulfonamides is 1. The van der Waals surface area contributed by atoms with Gasteiger partial charge in [0.1, 0.15) is 12.3 Å². The van der Waals surface area contributed by atoms with Crippen molar-refractivity contribution >= 4 is 33.7 Å². The van der Waals surface area contributed by atoms with E-state index in [0.29, 0.717) is 5.75 Å². The van der Waals surface area contributed by atoms with Crippen molar-refractivity contribution < 1.29 is 17.6 Å². The van der Waals surface area contributed by atoms with Crippen molar-refractivity contribution in [3.8, 4) is 0 Å². The summed E-state index contributed by atoms with van der Waals surface area (Å²) in [6.45, 7) is 8.52. The minimum atomic E-state index is -3.64. The molecule has 0 spiro atoms. The van der Waals surface area contributed by atoms with E-state index in [4.69, 9.17) is 4.42 Å². The number of anilines is 1. The molecule has 1 aromatic heterocycles. The van der Waals surface area contributed by atoms with E-state index >= 15 is 0 Å². The van der Waals surface area contributed by atoms with Crippen molar-refractivity contribution in [2.75, 3.05) is 23.1 Å². The SMILES string of the molecule is CC(C)=CCCC(C)=CCCC(C)=CCSCC(Nc1ncco1)C(=O)NS(C)(=O)=O. The van der Waals surface area contributed by atoms with Crippen molar-refractivity contribution in [2.24, 2.45) is 0 Å². The molecule has 9 heteroatoms. The Morgan fingerprint density at radius 2 is 1.77 bits per heavy atom. The summed E-state index contributed by atoms with van der Waals surface area (Å²) in [5.41, 5.74) is 4.06. The molecule has 1 atom stereocenters. The van der Waals surface area contributed by atoms with E-state index in [9.17, 15) is 13.2 Å². The van der Waals surface area contributed by atoms with E-state index in [0.717, 1.165) is 37.7 Å². The van der Waals surface area contributed by atoms with Crippen molar-refractivity contribution in [1.82, 2.24) is 9.71 Å². The molecule has 31 heavy (non-hydrogen) atoms. The molecule has 0 aliphatic carbocycles. The fraction of sp³-hybridized carbons (Fsp3) is 0.545. The third-order valence-electron chi connectivity index (χ3n) is 4.29. The number of oxazole rings is 1. The van der Waals surface area contributed by atoms with Crippen LogP contribution in [0.4, 0.5) is 6.01 Å². The lowest BCUT2D eigenvalue weighted by Gasteiger charge is -2.16. The zero-order valence-corrected chi connectivity index (χ0v) is 20.7. The Morgan fingerprint density at radius 3 is 2.35 bits per heavy atom. The van der Waals surface area contributed by atoms with E-state index in [1.54, 1.807) is 0 Å². The molecule has 1 heterocycles. The van der Waals surface area contributed by atoms with Crippen LogP contribution in [0.1, 0.15) is 53.4 Å². The van der Waals surface area contributed by atoms with Gasteiger partial charge < -0.3 is 9.73 Å². The fourth-order valence-electron chi connectivity index (χ4n) is 2.61. The highest BCUT2D eigenvalue weighted by atomic mass is 32.2. The van der Waals surface area contributed by atoms with Crippen molar-refractivity contribution in [2.45, 2.75) is 59.4 Å². The monoisotopic (exact) mass is 469 g/mol. The quantitative estimate of drug-likeness (QED) is 0.301. The first-order valence-corrected chi connectivity index (χ1v) is 13.3. The number of rotatable bonds is 14. The molecule has 0 aromatic carbocycles. The molecule has 2 N–H and O–H groups in total. The topological polar surface area (TPSA) is 101 Å². The first kappa shape index (κ1) is 27.0. The van der Waals surface area contributed by atoms with Gasteiger partial charge in [0.2, 0.25) is 10.0 Å². The Morgan fingerprint density at radius 1 is 1.13 bits per heavy atom. The molecule has 1 amide bonds. The molecular weight excluding hydrogens is 434 g/mol. The Bertz CT molecular complexity index is 869. The molecule has 1 rings (SSSR count). The van der Waals surface area contributed by atoms with Crippen molar-refractivity contribution in [1.29, 1.82) is 0 Å². The number of amides is 1. The van der Waals surface area contributed by atoms with Gasteiger partial charge in [0.25, 0.3) is 11.9 Å². The van der Waals surface area contributed by atoms with Crippen molar-refractivity contribution in [3.05, 3.63) is 47.4 Å². The van der Waals surface area contributed by atoms with Gasteiger partial charge in [0.05, 0.1) is 12.5 Å². The minimum Gasteiger partial charge on any atom is -0.432 e. The molecule has 0 saturated carbocycles. The Labute approximate surface area is 190 Å². The number of nitrogens with zero attached hydrogens (tertiary/aromatic N) is 1. The second-order valence-electron chi connectivity index (χ2n) is 7.77. The number of carbonyl (C=O) groups excluding carboxylic acids is 1. The molecule has 174 valence electrons. The average Bonchev–Trinajstić information content (AvgIpc) is 3.15. The normalized spacial score (nSPS) is 13.6. The largest absolute Gasteiger partial charge is 0.432 e. The molecule has 0 fully saturated rings. The molecule has 7 nitrogen and oxygen atoms in total. The number of carbonyl (C=O) groups is 1. The van der Waals surface area contributed by atoms with E-state index in [1.807, 2.05) is 4.72 Å². The van der Waals surface area contributed by atoms with Gasteiger partial charge in [0, 0.05) is 11.5 Å². The first-order valence-electron chi connectivity index (χ1n) is 10.3. The highest BCUT2D eigenvalue weighted by Gasteiger charge is 2.22. The molecule has 1 unspecified atom stereocenters. The van der Waals surface area contributed by atoms with Crippen molar-refractivity contribution in [3.63, 3.8) is 0 Å². The Kier molecular flexibility index (Phi) is 12.3. The molecule has 0 aliphatic rings. The lowest BCUT2D eigenvalue weighted by molar-refractivity contribution is -0.119. The summed E-state index contributed by atoms with van der Waals surface area (Å²) >= 11 is 1.53. The maximum Gasteiger partial charge on any atom is 0.295 e. The third kappa shape index (κ3) is 13.8. The molecule has 0 aliphatic heterocycles. The van der Waals surface area contributed by atoms with Crippen LogP contribution in [0.25, 0.3) is 0 Å². The van der Waals surface area contributed by atoms with E-state index in [-0.39, 0.29) is 6.01 Å². The lowest BCUT2D eigenvalue weighted by Crippen LogP contribution is -2.43. The lowest BCUT2D eigenvalue weighted by atomic mass is 10.1. The van der Waals surface area contributed by atoms with Crippen LogP contribution >= 0.6 is 11.8 Å². The first-order chi connectivity index (χ1) is 14.6. The summed E-state index contributed by atoms with van der Waals surface area (Å²) in [5, 5.41) is 2.83. The number of nitrogens with one attached hydrogen (secondary N) is 2. The molecule has 0 bridgehead atoms. The predicted molar refractivity (Wildman–Crippen MR) is 130 cm³/mol. The van der Waals surface area contributed by atoms with Crippen LogP contribution in [0, 0.1) is 0 Å². The van der Waals surface area contributed by atoms with Crippen LogP contribution < -0.4 is 10.0 Å². The highest BCUT2D eigenvalue weighted by molar-refractivity contribution is 7.99. The minimum absolute atomic E-state index is 0.174.